The number of hydrogen-bond acceptors (Lipinski definition) is 3. The standard InChI is InChI=1S/C16H22N2O2/c1-5-20-16(19)8-12(4)18-15-9-13(11(2)3)6-7-14(15)10-17-18/h6-7,9-12H,5,8H2,1-4H3. The van der Waals surface area contributed by atoms with E-state index in [0.29, 0.717) is 18.9 Å². The van der Waals surface area contributed by atoms with E-state index in [1.165, 1.54) is 5.56 Å². The van der Waals surface area contributed by atoms with Crippen molar-refractivity contribution >= 4 is 16.9 Å². The summed E-state index contributed by atoms with van der Waals surface area (Å²) in [6.45, 7) is 8.57. The number of hydrogen-bond donors (Lipinski definition) is 0. The van der Waals surface area contributed by atoms with Gasteiger partial charge in [-0.15, -0.1) is 0 Å². The van der Waals surface area contributed by atoms with Gasteiger partial charge >= 0.3 is 5.97 Å². The maximum atomic E-state index is 11.6. The van der Waals surface area contributed by atoms with Gasteiger partial charge in [-0.25, -0.2) is 0 Å². The van der Waals surface area contributed by atoms with Gasteiger partial charge in [0.2, 0.25) is 0 Å². The summed E-state index contributed by atoms with van der Waals surface area (Å²) in [6.07, 6.45) is 2.19. The highest BCUT2D eigenvalue weighted by molar-refractivity contribution is 5.80. The smallest absolute Gasteiger partial charge is 0.307 e. The SMILES string of the molecule is CCOC(=O)CC(C)n1ncc2ccc(C(C)C)cc21. The molecule has 0 fully saturated rings. The summed E-state index contributed by atoms with van der Waals surface area (Å²) in [5.74, 6) is 0.298. The summed E-state index contributed by atoms with van der Waals surface area (Å²) >= 11 is 0. The summed E-state index contributed by atoms with van der Waals surface area (Å²) in [7, 11) is 0. The van der Waals surface area contributed by atoms with E-state index >= 15 is 0 Å². The number of fused-ring (bicyclic) bond motifs is 1. The van der Waals surface area contributed by atoms with Gasteiger partial charge in [-0.2, -0.15) is 5.10 Å². The maximum absolute atomic E-state index is 11.6. The van der Waals surface area contributed by atoms with Crippen LogP contribution in [-0.2, 0) is 9.53 Å². The van der Waals surface area contributed by atoms with Gasteiger partial charge in [-0.3, -0.25) is 9.48 Å². The van der Waals surface area contributed by atoms with Gasteiger partial charge in [0.05, 0.1) is 30.8 Å². The Morgan fingerprint density at radius 1 is 1.35 bits per heavy atom. The zero-order valence-corrected chi connectivity index (χ0v) is 12.6. The Balaban J connectivity index is 2.29. The maximum Gasteiger partial charge on any atom is 0.307 e. The van der Waals surface area contributed by atoms with Crippen LogP contribution in [0.5, 0.6) is 0 Å². The molecule has 108 valence electrons. The van der Waals surface area contributed by atoms with Crippen molar-refractivity contribution in [3.05, 3.63) is 30.0 Å². The number of rotatable bonds is 5. The molecule has 1 atom stereocenters. The van der Waals surface area contributed by atoms with E-state index in [1.807, 2.05) is 24.7 Å². The molecule has 0 N–H and O–H groups in total. The number of carbonyl (C=O) groups excluding carboxylic acids is 1. The third kappa shape index (κ3) is 3.00. The molecule has 0 bridgehead atoms. The number of benzene rings is 1. The summed E-state index contributed by atoms with van der Waals surface area (Å²) in [5, 5.41) is 5.52. The first-order valence-electron chi connectivity index (χ1n) is 7.15. The lowest BCUT2D eigenvalue weighted by atomic mass is 10.0. The average molecular weight is 274 g/mol. The number of nitrogens with zero attached hydrogens (tertiary/aromatic N) is 2. The van der Waals surface area contributed by atoms with E-state index in [9.17, 15) is 4.79 Å². The van der Waals surface area contributed by atoms with Crippen molar-refractivity contribution < 1.29 is 9.53 Å². The Morgan fingerprint density at radius 2 is 2.10 bits per heavy atom. The van der Waals surface area contributed by atoms with Crippen molar-refractivity contribution in [2.24, 2.45) is 0 Å². The highest BCUT2D eigenvalue weighted by atomic mass is 16.5. The molecular formula is C16H22N2O2. The molecule has 4 nitrogen and oxygen atoms in total. The molecule has 0 spiro atoms. The van der Waals surface area contributed by atoms with Gasteiger partial charge in [0.1, 0.15) is 0 Å². The molecule has 0 saturated heterocycles. The van der Waals surface area contributed by atoms with Gasteiger partial charge in [-0.05, 0) is 31.4 Å². The van der Waals surface area contributed by atoms with Gasteiger partial charge in [0.15, 0.2) is 0 Å². The Morgan fingerprint density at radius 3 is 2.75 bits per heavy atom. The van der Waals surface area contributed by atoms with Crippen LogP contribution in [0.4, 0.5) is 0 Å². The molecule has 2 aromatic rings. The average Bonchev–Trinajstić information content (AvgIpc) is 2.81. The largest absolute Gasteiger partial charge is 0.466 e. The topological polar surface area (TPSA) is 44.1 Å². The molecule has 0 saturated carbocycles. The minimum atomic E-state index is -0.177. The van der Waals surface area contributed by atoms with Crippen molar-refractivity contribution in [2.45, 2.75) is 46.1 Å². The molecule has 1 heterocycles. The molecule has 1 aromatic heterocycles. The minimum absolute atomic E-state index is 0.00559. The van der Waals surface area contributed by atoms with Crippen molar-refractivity contribution in [2.75, 3.05) is 6.61 Å². The quantitative estimate of drug-likeness (QED) is 0.781. The number of aromatic nitrogens is 2. The van der Waals surface area contributed by atoms with Crippen molar-refractivity contribution in [1.29, 1.82) is 0 Å². The van der Waals surface area contributed by atoms with Crippen LogP contribution in [0.2, 0.25) is 0 Å². The summed E-state index contributed by atoms with van der Waals surface area (Å²) in [4.78, 5) is 11.6. The Labute approximate surface area is 119 Å². The zero-order valence-electron chi connectivity index (χ0n) is 12.6. The van der Waals surface area contributed by atoms with E-state index in [2.05, 4.69) is 37.1 Å². The van der Waals surface area contributed by atoms with Gasteiger partial charge in [0.25, 0.3) is 0 Å². The molecule has 0 aliphatic rings. The lowest BCUT2D eigenvalue weighted by Crippen LogP contribution is -2.14. The van der Waals surface area contributed by atoms with Crippen LogP contribution in [0, 0.1) is 0 Å². The second kappa shape index (κ2) is 6.07. The van der Waals surface area contributed by atoms with Gasteiger partial charge in [-0.1, -0.05) is 26.0 Å². The molecule has 1 unspecified atom stereocenters. The predicted molar refractivity (Wildman–Crippen MR) is 79.8 cm³/mol. The molecule has 2 rings (SSSR count). The first-order chi connectivity index (χ1) is 9.52. The molecule has 0 radical (unpaired) electrons. The van der Waals surface area contributed by atoms with Crippen LogP contribution in [0.25, 0.3) is 10.9 Å². The predicted octanol–water partition coefficient (Wildman–Crippen LogP) is 3.67. The lowest BCUT2D eigenvalue weighted by Gasteiger charge is -2.13. The minimum Gasteiger partial charge on any atom is -0.466 e. The highest BCUT2D eigenvalue weighted by Gasteiger charge is 2.15. The van der Waals surface area contributed by atoms with Gasteiger partial charge in [0, 0.05) is 5.39 Å². The van der Waals surface area contributed by atoms with E-state index < -0.39 is 0 Å². The third-order valence-corrected chi connectivity index (χ3v) is 3.47. The molecular weight excluding hydrogens is 252 g/mol. The van der Waals surface area contributed by atoms with E-state index in [4.69, 9.17) is 4.74 Å². The van der Waals surface area contributed by atoms with Gasteiger partial charge < -0.3 is 4.74 Å². The first kappa shape index (κ1) is 14.6. The van der Waals surface area contributed by atoms with E-state index in [1.54, 1.807) is 0 Å². The van der Waals surface area contributed by atoms with Crippen LogP contribution in [0.15, 0.2) is 24.4 Å². The van der Waals surface area contributed by atoms with Crippen LogP contribution < -0.4 is 0 Å². The third-order valence-electron chi connectivity index (χ3n) is 3.47. The Bertz CT molecular complexity index is 602. The van der Waals surface area contributed by atoms with Crippen LogP contribution in [0.3, 0.4) is 0 Å². The zero-order chi connectivity index (χ0) is 14.7. The second-order valence-corrected chi connectivity index (χ2v) is 5.42. The molecule has 4 heteroatoms. The fraction of sp³-hybridized carbons (Fsp3) is 0.500. The molecule has 0 aliphatic carbocycles. The summed E-state index contributed by atoms with van der Waals surface area (Å²) in [5.41, 5.74) is 2.36. The molecule has 20 heavy (non-hydrogen) atoms. The highest BCUT2D eigenvalue weighted by Crippen LogP contribution is 2.24. The number of ether oxygens (including phenoxy) is 1. The van der Waals surface area contributed by atoms with Crippen molar-refractivity contribution in [3.8, 4) is 0 Å². The Hall–Kier alpha value is -1.84. The second-order valence-electron chi connectivity index (χ2n) is 5.42. The van der Waals surface area contributed by atoms with E-state index in [-0.39, 0.29) is 12.0 Å². The Kier molecular flexibility index (Phi) is 4.42. The van der Waals surface area contributed by atoms with Crippen LogP contribution >= 0.6 is 0 Å². The van der Waals surface area contributed by atoms with Crippen LogP contribution in [0.1, 0.15) is 51.6 Å². The summed E-state index contributed by atoms with van der Waals surface area (Å²) < 4.78 is 6.92. The normalized spacial score (nSPS) is 12.8. The molecule has 0 amide bonds. The fourth-order valence-electron chi connectivity index (χ4n) is 2.31. The fourth-order valence-corrected chi connectivity index (χ4v) is 2.31. The first-order valence-corrected chi connectivity index (χ1v) is 7.15. The van der Waals surface area contributed by atoms with Crippen molar-refractivity contribution in [3.63, 3.8) is 0 Å². The number of carbonyl (C=O) groups is 1. The molecule has 0 aliphatic heterocycles. The monoisotopic (exact) mass is 274 g/mol. The lowest BCUT2D eigenvalue weighted by molar-refractivity contribution is -0.143. The van der Waals surface area contributed by atoms with Crippen molar-refractivity contribution in [1.82, 2.24) is 9.78 Å². The van der Waals surface area contributed by atoms with E-state index in [0.717, 1.165) is 10.9 Å². The molecule has 1 aromatic carbocycles. The van der Waals surface area contributed by atoms with Crippen LogP contribution in [-0.4, -0.2) is 22.4 Å². The summed E-state index contributed by atoms with van der Waals surface area (Å²) in [6, 6.07) is 6.38. The number of esters is 1.